The van der Waals surface area contributed by atoms with Crippen LogP contribution in [0.4, 0.5) is 4.79 Å². The number of amides is 3. The molecule has 5 rings (SSSR count). The standard InChI is InChI=1S/C20H30N2O5/c1-19(2)11-8-9-20(19,14(10-11)25-3)17(23)22-16-15(21-18(22)24)26-12-6-4-5-7-13(12)27-16/h11-16H,4-10H2,1-3H3,(H,21,24)/t11-,12+,13-,14-,15-,16+,20+/m1/s1. The van der Waals surface area contributed by atoms with Crippen LogP contribution >= 0.6 is 0 Å². The van der Waals surface area contributed by atoms with E-state index in [2.05, 4.69) is 19.2 Å². The lowest BCUT2D eigenvalue weighted by Gasteiger charge is -2.45. The molecular weight excluding hydrogens is 348 g/mol. The van der Waals surface area contributed by atoms with E-state index < -0.39 is 23.9 Å². The number of ether oxygens (including phenoxy) is 3. The first-order valence-electron chi connectivity index (χ1n) is 10.4. The second-order valence-electron chi connectivity index (χ2n) is 9.46. The van der Waals surface area contributed by atoms with Gasteiger partial charge in [0.15, 0.2) is 12.5 Å². The maximum absolute atomic E-state index is 13.9. The van der Waals surface area contributed by atoms with Gasteiger partial charge in [0.1, 0.15) is 0 Å². The first kappa shape index (κ1) is 17.9. The first-order chi connectivity index (χ1) is 12.9. The van der Waals surface area contributed by atoms with E-state index in [4.69, 9.17) is 14.2 Å². The van der Waals surface area contributed by atoms with E-state index in [1.54, 1.807) is 7.11 Å². The molecule has 3 saturated carbocycles. The second kappa shape index (κ2) is 5.91. The monoisotopic (exact) mass is 378 g/mol. The molecule has 2 bridgehead atoms. The molecule has 0 aromatic heterocycles. The van der Waals surface area contributed by atoms with Crippen LogP contribution in [0, 0.1) is 16.7 Å². The Morgan fingerprint density at radius 3 is 2.56 bits per heavy atom. The lowest BCUT2D eigenvalue weighted by atomic mass is 9.67. The molecule has 7 nitrogen and oxygen atoms in total. The van der Waals surface area contributed by atoms with Crippen molar-refractivity contribution >= 4 is 11.9 Å². The molecule has 7 atom stereocenters. The average Bonchev–Trinajstić information content (AvgIpc) is 3.20. The Bertz CT molecular complexity index is 667. The Kier molecular flexibility index (Phi) is 3.91. The van der Waals surface area contributed by atoms with Crippen LogP contribution < -0.4 is 5.32 Å². The van der Waals surface area contributed by atoms with Crippen LogP contribution in [0.25, 0.3) is 0 Å². The number of nitrogens with one attached hydrogen (secondary N) is 1. The zero-order valence-electron chi connectivity index (χ0n) is 16.4. The molecule has 0 aromatic rings. The van der Waals surface area contributed by atoms with Gasteiger partial charge in [-0.2, -0.15) is 0 Å². The number of urea groups is 1. The van der Waals surface area contributed by atoms with Crippen LogP contribution in [0.5, 0.6) is 0 Å². The minimum atomic E-state index is -0.675. The Morgan fingerprint density at radius 1 is 1.19 bits per heavy atom. The minimum Gasteiger partial charge on any atom is -0.380 e. The van der Waals surface area contributed by atoms with Crippen molar-refractivity contribution in [3.8, 4) is 0 Å². The highest BCUT2D eigenvalue weighted by Gasteiger charge is 2.71. The quantitative estimate of drug-likeness (QED) is 0.798. The number of carbonyl (C=O) groups is 2. The number of methoxy groups -OCH3 is 1. The number of hydrogen-bond donors (Lipinski definition) is 1. The molecule has 7 heteroatoms. The van der Waals surface area contributed by atoms with Gasteiger partial charge in [-0.3, -0.25) is 4.79 Å². The van der Waals surface area contributed by atoms with Gasteiger partial charge in [0, 0.05) is 7.11 Å². The Hall–Kier alpha value is -1.18. The molecule has 0 radical (unpaired) electrons. The fourth-order valence-corrected chi connectivity index (χ4v) is 6.63. The maximum Gasteiger partial charge on any atom is 0.328 e. The van der Waals surface area contributed by atoms with Crippen molar-refractivity contribution in [2.24, 2.45) is 16.7 Å². The third kappa shape index (κ3) is 2.19. The van der Waals surface area contributed by atoms with Gasteiger partial charge in [-0.1, -0.05) is 26.7 Å². The van der Waals surface area contributed by atoms with Crippen LogP contribution in [0.3, 0.4) is 0 Å². The Labute approximate surface area is 160 Å². The highest BCUT2D eigenvalue weighted by atomic mass is 16.6. The van der Waals surface area contributed by atoms with Gasteiger partial charge < -0.3 is 19.5 Å². The number of rotatable bonds is 2. The number of imide groups is 1. The van der Waals surface area contributed by atoms with Crippen molar-refractivity contribution < 1.29 is 23.8 Å². The van der Waals surface area contributed by atoms with Crippen LogP contribution in [-0.4, -0.2) is 54.7 Å². The van der Waals surface area contributed by atoms with E-state index in [-0.39, 0.29) is 29.6 Å². The van der Waals surface area contributed by atoms with E-state index in [1.165, 1.54) is 4.90 Å². The van der Waals surface area contributed by atoms with Crippen molar-refractivity contribution in [1.82, 2.24) is 10.2 Å². The summed E-state index contributed by atoms with van der Waals surface area (Å²) in [6, 6.07) is -0.399. The van der Waals surface area contributed by atoms with Crippen LogP contribution in [0.15, 0.2) is 0 Å². The van der Waals surface area contributed by atoms with Gasteiger partial charge >= 0.3 is 6.03 Å². The van der Waals surface area contributed by atoms with Gasteiger partial charge in [0.25, 0.3) is 0 Å². The highest BCUT2D eigenvalue weighted by molar-refractivity contribution is 6.00. The molecule has 27 heavy (non-hydrogen) atoms. The number of fused-ring (bicyclic) bond motifs is 4. The van der Waals surface area contributed by atoms with Crippen molar-refractivity contribution in [2.45, 2.75) is 89.6 Å². The second-order valence-corrected chi connectivity index (χ2v) is 9.46. The largest absolute Gasteiger partial charge is 0.380 e. The van der Waals surface area contributed by atoms with Gasteiger partial charge in [-0.25, -0.2) is 9.69 Å². The molecule has 0 spiro atoms. The predicted molar refractivity (Wildman–Crippen MR) is 95.5 cm³/mol. The summed E-state index contributed by atoms with van der Waals surface area (Å²) in [7, 11) is 1.68. The average molecular weight is 378 g/mol. The smallest absolute Gasteiger partial charge is 0.328 e. The van der Waals surface area contributed by atoms with Crippen molar-refractivity contribution in [3.63, 3.8) is 0 Å². The van der Waals surface area contributed by atoms with Gasteiger partial charge in [0.05, 0.1) is 23.7 Å². The summed E-state index contributed by atoms with van der Waals surface area (Å²) < 4.78 is 18.2. The van der Waals surface area contributed by atoms with E-state index in [1.807, 2.05) is 0 Å². The summed E-state index contributed by atoms with van der Waals surface area (Å²) in [6.07, 6.45) is 5.30. The Morgan fingerprint density at radius 2 is 1.89 bits per heavy atom. The van der Waals surface area contributed by atoms with E-state index in [9.17, 15) is 9.59 Å². The molecule has 2 heterocycles. The predicted octanol–water partition coefficient (Wildman–Crippen LogP) is 2.39. The van der Waals surface area contributed by atoms with Crippen LogP contribution in [0.2, 0.25) is 0 Å². The molecule has 3 amide bonds. The number of nitrogens with zero attached hydrogens (tertiary/aromatic N) is 1. The highest BCUT2D eigenvalue weighted by Crippen LogP contribution is 2.67. The SMILES string of the molecule is CO[C@@H]1C[C@H]2CC[C@]1(C(=O)N1C(=O)N[C@@H]3O[C@H]4CCCC[C@H]4O[C@@H]31)C2(C)C. The van der Waals surface area contributed by atoms with Crippen LogP contribution in [-0.2, 0) is 19.0 Å². The minimum absolute atomic E-state index is 0.0130. The first-order valence-corrected chi connectivity index (χ1v) is 10.4. The Balaban J connectivity index is 1.47. The normalized spacial score (nSPS) is 47.5. The van der Waals surface area contributed by atoms with Crippen molar-refractivity contribution in [1.29, 1.82) is 0 Å². The summed E-state index contributed by atoms with van der Waals surface area (Å²) in [6.45, 7) is 4.31. The van der Waals surface area contributed by atoms with Gasteiger partial charge in [-0.05, 0) is 43.4 Å². The molecular formula is C20H30N2O5. The molecule has 1 N–H and O–H groups in total. The molecule has 5 aliphatic rings. The molecule has 2 saturated heterocycles. The number of carbonyl (C=O) groups excluding carboxylic acids is 2. The van der Waals surface area contributed by atoms with E-state index in [0.29, 0.717) is 5.92 Å². The summed E-state index contributed by atoms with van der Waals surface area (Å²) in [5.74, 6) is 0.293. The molecule has 3 aliphatic carbocycles. The fourth-order valence-electron chi connectivity index (χ4n) is 6.63. The fraction of sp³-hybridized carbons (Fsp3) is 0.900. The zero-order chi connectivity index (χ0) is 19.0. The summed E-state index contributed by atoms with van der Waals surface area (Å²) in [5.41, 5.74) is -0.878. The summed E-state index contributed by atoms with van der Waals surface area (Å²) in [5, 5.41) is 2.84. The summed E-state index contributed by atoms with van der Waals surface area (Å²) >= 11 is 0. The zero-order valence-corrected chi connectivity index (χ0v) is 16.4. The van der Waals surface area contributed by atoms with Gasteiger partial charge in [0.2, 0.25) is 5.91 Å². The third-order valence-electron chi connectivity index (χ3n) is 8.27. The lowest BCUT2D eigenvalue weighted by molar-refractivity contribution is -0.251. The van der Waals surface area contributed by atoms with Crippen molar-refractivity contribution in [2.75, 3.05) is 7.11 Å². The van der Waals surface area contributed by atoms with Crippen LogP contribution in [0.1, 0.15) is 58.8 Å². The number of hydrogen-bond acceptors (Lipinski definition) is 5. The van der Waals surface area contributed by atoms with Crippen molar-refractivity contribution in [3.05, 3.63) is 0 Å². The third-order valence-corrected chi connectivity index (χ3v) is 8.27. The topological polar surface area (TPSA) is 77.1 Å². The maximum atomic E-state index is 13.9. The molecule has 0 unspecified atom stereocenters. The molecule has 150 valence electrons. The molecule has 5 fully saturated rings. The molecule has 0 aromatic carbocycles. The molecule has 2 aliphatic heterocycles. The summed E-state index contributed by atoms with van der Waals surface area (Å²) in [4.78, 5) is 28.0. The van der Waals surface area contributed by atoms with Gasteiger partial charge in [-0.15, -0.1) is 0 Å². The lowest BCUT2D eigenvalue weighted by Crippen LogP contribution is -2.59. The van der Waals surface area contributed by atoms with E-state index in [0.717, 1.165) is 44.9 Å². The van der Waals surface area contributed by atoms with E-state index >= 15 is 0 Å².